The zero-order chi connectivity index (χ0) is 13.6. The average Bonchev–Trinajstić information content (AvgIpc) is 2.23. The van der Waals surface area contributed by atoms with Crippen molar-refractivity contribution in [3.8, 4) is 0 Å². The molecule has 2 amide bonds. The van der Waals surface area contributed by atoms with E-state index >= 15 is 0 Å². The highest BCUT2D eigenvalue weighted by Crippen LogP contribution is 2.05. The van der Waals surface area contributed by atoms with Gasteiger partial charge in [0, 0.05) is 13.6 Å². The number of nitrogens with zero attached hydrogens (tertiary/aromatic N) is 2. The summed E-state index contributed by atoms with van der Waals surface area (Å²) < 4.78 is 0. The van der Waals surface area contributed by atoms with Crippen LogP contribution in [0.2, 0.25) is 0 Å². The van der Waals surface area contributed by atoms with Crippen molar-refractivity contribution in [3.63, 3.8) is 0 Å². The van der Waals surface area contributed by atoms with Gasteiger partial charge >= 0.3 is 12.0 Å². The highest BCUT2D eigenvalue weighted by Gasteiger charge is 2.23. The van der Waals surface area contributed by atoms with Gasteiger partial charge in [-0.3, -0.25) is 4.79 Å². The molecular weight excluding hydrogens is 224 g/mol. The minimum absolute atomic E-state index is 0.148. The van der Waals surface area contributed by atoms with Gasteiger partial charge in [0.2, 0.25) is 0 Å². The standard InChI is InChI=1S/C11H22N2O4/c1-8(2)5-13(6-10(15)16)11(17)12(4)9(3)7-14/h8-9,14H,5-7H2,1-4H3,(H,15,16). The van der Waals surface area contributed by atoms with Gasteiger partial charge in [-0.2, -0.15) is 0 Å². The number of carboxylic acids is 1. The van der Waals surface area contributed by atoms with E-state index in [9.17, 15) is 9.59 Å². The smallest absolute Gasteiger partial charge is 0.323 e. The normalized spacial score (nSPS) is 12.4. The van der Waals surface area contributed by atoms with E-state index < -0.39 is 5.97 Å². The maximum absolute atomic E-state index is 12.0. The molecule has 0 saturated carbocycles. The Hall–Kier alpha value is -1.30. The Morgan fingerprint density at radius 3 is 2.12 bits per heavy atom. The number of carbonyl (C=O) groups is 2. The molecule has 0 aliphatic rings. The van der Waals surface area contributed by atoms with Crippen molar-refractivity contribution in [1.82, 2.24) is 9.80 Å². The van der Waals surface area contributed by atoms with Crippen LogP contribution in [0.4, 0.5) is 4.79 Å². The van der Waals surface area contributed by atoms with Crippen LogP contribution in [-0.4, -0.2) is 64.8 Å². The summed E-state index contributed by atoms with van der Waals surface area (Å²) in [5.41, 5.74) is 0. The number of aliphatic hydroxyl groups excluding tert-OH is 1. The van der Waals surface area contributed by atoms with Gasteiger partial charge in [0.05, 0.1) is 12.6 Å². The van der Waals surface area contributed by atoms with Crippen LogP contribution >= 0.6 is 0 Å². The molecule has 0 rings (SSSR count). The second-order valence-corrected chi connectivity index (χ2v) is 4.59. The summed E-state index contributed by atoms with van der Waals surface area (Å²) in [4.78, 5) is 25.3. The molecule has 0 aromatic heterocycles. The molecule has 2 N–H and O–H groups in total. The number of carboxylic acid groups (broad SMARTS) is 1. The van der Waals surface area contributed by atoms with Gasteiger partial charge in [0.25, 0.3) is 0 Å². The van der Waals surface area contributed by atoms with E-state index in [-0.39, 0.29) is 31.1 Å². The molecular formula is C11H22N2O4. The van der Waals surface area contributed by atoms with E-state index in [0.29, 0.717) is 6.54 Å². The van der Waals surface area contributed by atoms with Gasteiger partial charge in [-0.25, -0.2) is 4.79 Å². The fourth-order valence-corrected chi connectivity index (χ4v) is 1.35. The van der Waals surface area contributed by atoms with E-state index in [1.807, 2.05) is 13.8 Å². The first kappa shape index (κ1) is 15.7. The average molecular weight is 246 g/mol. The molecule has 0 radical (unpaired) electrons. The second kappa shape index (κ2) is 7.11. The molecule has 6 heteroatoms. The molecule has 0 heterocycles. The van der Waals surface area contributed by atoms with Crippen molar-refractivity contribution in [3.05, 3.63) is 0 Å². The van der Waals surface area contributed by atoms with E-state index in [0.717, 1.165) is 0 Å². The lowest BCUT2D eigenvalue weighted by Crippen LogP contribution is -2.49. The summed E-state index contributed by atoms with van der Waals surface area (Å²) >= 11 is 0. The van der Waals surface area contributed by atoms with Crippen LogP contribution in [0.1, 0.15) is 20.8 Å². The van der Waals surface area contributed by atoms with Crippen LogP contribution in [0.3, 0.4) is 0 Å². The van der Waals surface area contributed by atoms with Crippen molar-refractivity contribution in [2.24, 2.45) is 5.92 Å². The number of likely N-dealkylation sites (N-methyl/N-ethyl adjacent to an activating group) is 1. The summed E-state index contributed by atoms with van der Waals surface area (Å²) in [5.74, 6) is -0.847. The number of hydrogen-bond donors (Lipinski definition) is 2. The van der Waals surface area contributed by atoms with Crippen molar-refractivity contribution in [2.45, 2.75) is 26.8 Å². The first-order valence-electron chi connectivity index (χ1n) is 5.64. The lowest BCUT2D eigenvalue weighted by Gasteiger charge is -2.31. The summed E-state index contributed by atoms with van der Waals surface area (Å²) in [6, 6.07) is -0.700. The lowest BCUT2D eigenvalue weighted by molar-refractivity contribution is -0.137. The Kier molecular flexibility index (Phi) is 6.57. The number of aliphatic carboxylic acids is 1. The first-order chi connectivity index (χ1) is 7.79. The third-order valence-electron chi connectivity index (χ3n) is 2.41. The maximum Gasteiger partial charge on any atom is 0.323 e. The molecule has 0 aliphatic heterocycles. The quantitative estimate of drug-likeness (QED) is 0.713. The van der Waals surface area contributed by atoms with Gasteiger partial charge < -0.3 is 20.0 Å². The molecule has 0 fully saturated rings. The number of carbonyl (C=O) groups excluding carboxylic acids is 1. The molecule has 0 aromatic carbocycles. The number of hydrogen-bond acceptors (Lipinski definition) is 3. The van der Waals surface area contributed by atoms with E-state index in [4.69, 9.17) is 10.2 Å². The van der Waals surface area contributed by atoms with Crippen molar-refractivity contribution in [1.29, 1.82) is 0 Å². The molecule has 0 spiro atoms. The Labute approximate surface area is 102 Å². The third-order valence-corrected chi connectivity index (χ3v) is 2.41. The Balaban J connectivity index is 4.66. The largest absolute Gasteiger partial charge is 0.480 e. The zero-order valence-corrected chi connectivity index (χ0v) is 10.9. The Morgan fingerprint density at radius 1 is 1.24 bits per heavy atom. The zero-order valence-electron chi connectivity index (χ0n) is 10.9. The number of urea groups is 1. The summed E-state index contributed by atoms with van der Waals surface area (Å²) in [6.07, 6.45) is 0. The van der Waals surface area contributed by atoms with E-state index in [1.165, 1.54) is 9.80 Å². The topological polar surface area (TPSA) is 81.1 Å². The van der Waals surface area contributed by atoms with Crippen LogP contribution < -0.4 is 0 Å². The lowest BCUT2D eigenvalue weighted by atomic mass is 10.2. The van der Waals surface area contributed by atoms with Crippen LogP contribution in [0.15, 0.2) is 0 Å². The van der Waals surface area contributed by atoms with Crippen LogP contribution in [0, 0.1) is 5.92 Å². The summed E-state index contributed by atoms with van der Waals surface area (Å²) in [6.45, 7) is 5.44. The van der Waals surface area contributed by atoms with Gasteiger partial charge in [-0.15, -0.1) is 0 Å². The first-order valence-corrected chi connectivity index (χ1v) is 5.64. The monoisotopic (exact) mass is 246 g/mol. The summed E-state index contributed by atoms with van der Waals surface area (Å²) in [5, 5.41) is 17.7. The van der Waals surface area contributed by atoms with E-state index in [2.05, 4.69) is 0 Å². The molecule has 0 aliphatic carbocycles. The predicted octanol–water partition coefficient (Wildman–Crippen LogP) is 0.462. The Morgan fingerprint density at radius 2 is 1.76 bits per heavy atom. The van der Waals surface area contributed by atoms with Gasteiger partial charge in [0.15, 0.2) is 0 Å². The summed E-state index contributed by atoms with van der Waals surface area (Å²) in [7, 11) is 1.55. The fraction of sp³-hybridized carbons (Fsp3) is 0.818. The van der Waals surface area contributed by atoms with Crippen LogP contribution in [0.25, 0.3) is 0 Å². The molecule has 0 bridgehead atoms. The van der Waals surface area contributed by atoms with Crippen molar-refractivity contribution >= 4 is 12.0 Å². The molecule has 100 valence electrons. The number of amides is 2. The second-order valence-electron chi connectivity index (χ2n) is 4.59. The molecule has 17 heavy (non-hydrogen) atoms. The van der Waals surface area contributed by atoms with Crippen molar-refractivity contribution in [2.75, 3.05) is 26.7 Å². The minimum atomic E-state index is -1.04. The molecule has 0 saturated heterocycles. The van der Waals surface area contributed by atoms with E-state index in [1.54, 1.807) is 14.0 Å². The maximum atomic E-state index is 12.0. The SMILES string of the molecule is CC(C)CN(CC(=O)O)C(=O)N(C)C(C)CO. The fourth-order valence-electron chi connectivity index (χ4n) is 1.35. The highest BCUT2D eigenvalue weighted by molar-refractivity contribution is 5.80. The minimum Gasteiger partial charge on any atom is -0.480 e. The predicted molar refractivity (Wildman–Crippen MR) is 63.8 cm³/mol. The number of aliphatic hydroxyl groups is 1. The van der Waals surface area contributed by atoms with Crippen LogP contribution in [0.5, 0.6) is 0 Å². The number of rotatable bonds is 6. The highest BCUT2D eigenvalue weighted by atomic mass is 16.4. The van der Waals surface area contributed by atoms with Crippen molar-refractivity contribution < 1.29 is 19.8 Å². The molecule has 6 nitrogen and oxygen atoms in total. The van der Waals surface area contributed by atoms with Gasteiger partial charge in [0.1, 0.15) is 6.54 Å². The molecule has 1 unspecified atom stereocenters. The third kappa shape index (κ3) is 5.53. The van der Waals surface area contributed by atoms with Gasteiger partial charge in [-0.1, -0.05) is 13.8 Å². The Bertz CT molecular complexity index is 268. The van der Waals surface area contributed by atoms with Gasteiger partial charge in [-0.05, 0) is 12.8 Å². The molecule has 1 atom stereocenters. The van der Waals surface area contributed by atoms with Crippen LogP contribution in [-0.2, 0) is 4.79 Å². The molecule has 0 aromatic rings.